The van der Waals surface area contributed by atoms with Gasteiger partial charge < -0.3 is 14.5 Å². The molecule has 8 aromatic carbocycles. The van der Waals surface area contributed by atoms with E-state index in [0.29, 0.717) is 10.6 Å². The Morgan fingerprint density at radius 2 is 0.882 bits per heavy atom. The van der Waals surface area contributed by atoms with E-state index in [2.05, 4.69) is 207 Å². The van der Waals surface area contributed by atoms with E-state index in [1.807, 2.05) is 41.4 Å². The van der Waals surface area contributed by atoms with Crippen LogP contribution in [0.2, 0.25) is 0 Å². The molecular formula is C61H54N4O2S. The number of anilines is 2. The minimum absolute atomic E-state index is 0.262. The Morgan fingerprint density at radius 3 is 1.32 bits per heavy atom. The summed E-state index contributed by atoms with van der Waals surface area (Å²) in [5, 5.41) is 1.91. The van der Waals surface area contributed by atoms with Gasteiger partial charge in [0.05, 0.1) is 0 Å². The Labute approximate surface area is 405 Å². The van der Waals surface area contributed by atoms with E-state index in [0.717, 1.165) is 110 Å². The fraction of sp³-hybridized carbons (Fsp3) is 0.148. The minimum atomic E-state index is -1.01. The predicted octanol–water partition coefficient (Wildman–Crippen LogP) is 13.8. The van der Waals surface area contributed by atoms with Crippen molar-refractivity contribution in [3.8, 4) is 22.6 Å². The number of ether oxygens (including phenoxy) is 1. The number of nitrogens with zero attached hydrogens (tertiary/aromatic N) is 3. The third-order valence-corrected chi connectivity index (χ3v) is 14.0. The molecule has 68 heavy (non-hydrogen) atoms. The van der Waals surface area contributed by atoms with Gasteiger partial charge in [0.15, 0.2) is 0 Å². The van der Waals surface area contributed by atoms with Gasteiger partial charge in [0, 0.05) is 71.9 Å². The fourth-order valence-corrected chi connectivity index (χ4v) is 10.6. The Bertz CT molecular complexity index is 3040. The summed E-state index contributed by atoms with van der Waals surface area (Å²) < 4.78 is 6.92. The molecule has 2 heterocycles. The maximum Gasteiger partial charge on any atom is 0.269 e. The van der Waals surface area contributed by atoms with Gasteiger partial charge in [-0.1, -0.05) is 176 Å². The van der Waals surface area contributed by atoms with Crippen LogP contribution in [0.1, 0.15) is 82.6 Å². The fourth-order valence-electron chi connectivity index (χ4n) is 10.2. The largest absolute Gasteiger partial charge is 0.456 e. The molecule has 0 atom stereocenters. The first-order valence-electron chi connectivity index (χ1n) is 23.7. The minimum Gasteiger partial charge on any atom is -0.456 e. The zero-order valence-corrected chi connectivity index (χ0v) is 39.8. The lowest BCUT2D eigenvalue weighted by Gasteiger charge is -2.45. The Kier molecular flexibility index (Phi) is 12.2. The monoisotopic (exact) mass is 906 g/mol. The molecule has 7 heteroatoms. The van der Waals surface area contributed by atoms with Gasteiger partial charge in [0.2, 0.25) is 0 Å². The maximum absolute atomic E-state index is 14.7. The summed E-state index contributed by atoms with van der Waals surface area (Å²) >= 11 is 6.35. The molecule has 6 nitrogen and oxygen atoms in total. The highest BCUT2D eigenvalue weighted by Crippen LogP contribution is 2.58. The molecule has 0 aromatic heterocycles. The SMILES string of the molecule is CCN(CC)c1ccc2c(c1)Oc1cc(N(CC)CC)ccc1C21c2ccccc2C(=S)N1NC(=O)c1ccc(-c2ccc(C(=C(c3ccccc3)c3ccccc3)c3ccccc3)cc2)cc1. The van der Waals surface area contributed by atoms with Crippen LogP contribution in [0.3, 0.4) is 0 Å². The molecule has 1 spiro atoms. The van der Waals surface area contributed by atoms with Gasteiger partial charge in [0.25, 0.3) is 5.91 Å². The van der Waals surface area contributed by atoms with Crippen molar-refractivity contribution in [1.29, 1.82) is 0 Å². The van der Waals surface area contributed by atoms with Gasteiger partial charge in [-0.15, -0.1) is 0 Å². The second-order valence-electron chi connectivity index (χ2n) is 17.1. The van der Waals surface area contributed by atoms with Crippen molar-refractivity contribution < 1.29 is 9.53 Å². The van der Waals surface area contributed by atoms with Crippen molar-refractivity contribution in [3.05, 3.63) is 250 Å². The standard InChI is InChI=1S/C61H54N4O2S/c1-5-63(6-2)49-36-38-53-55(40-49)67-56-41-50(64(7-3)8-4)37-39-54(56)61(53)52-27-19-18-26-51(52)60(68)65(61)62-59(66)48-34-30-43(31-35-48)42-28-32-47(33-29-42)58(46-24-16-11-17-25-46)57(44-20-12-9-13-21-44)45-22-14-10-15-23-45/h9-41H,5-8H2,1-4H3,(H,62,66). The first-order valence-corrected chi connectivity index (χ1v) is 24.1. The van der Waals surface area contributed by atoms with Gasteiger partial charge in [-0.05, 0) is 102 Å². The van der Waals surface area contributed by atoms with Crippen LogP contribution < -0.4 is 20.0 Å². The van der Waals surface area contributed by atoms with Crippen LogP contribution in [0.4, 0.5) is 11.4 Å². The summed E-state index contributed by atoms with van der Waals surface area (Å²) in [6, 6.07) is 69.5. The van der Waals surface area contributed by atoms with Crippen LogP contribution in [-0.4, -0.2) is 42.1 Å². The molecule has 2 aliphatic rings. The molecule has 0 saturated heterocycles. The van der Waals surface area contributed by atoms with Gasteiger partial charge in [-0.3, -0.25) is 15.2 Å². The number of hydrazine groups is 1. The predicted molar refractivity (Wildman–Crippen MR) is 284 cm³/mol. The van der Waals surface area contributed by atoms with Crippen molar-refractivity contribution in [3.63, 3.8) is 0 Å². The van der Waals surface area contributed by atoms with Crippen LogP contribution in [0.5, 0.6) is 11.5 Å². The number of fused-ring (bicyclic) bond motifs is 6. The molecule has 2 aliphatic heterocycles. The molecule has 1 N–H and O–H groups in total. The number of hydrogen-bond acceptors (Lipinski definition) is 5. The van der Waals surface area contributed by atoms with Crippen LogP contribution in [0.15, 0.2) is 200 Å². The van der Waals surface area contributed by atoms with Crippen molar-refractivity contribution in [2.75, 3.05) is 36.0 Å². The quantitative estimate of drug-likeness (QED) is 0.0919. The Balaban J connectivity index is 1.01. The average molecular weight is 907 g/mol. The summed E-state index contributed by atoms with van der Waals surface area (Å²) in [6.07, 6.45) is 0. The lowest BCUT2D eigenvalue weighted by Crippen LogP contribution is -2.55. The van der Waals surface area contributed by atoms with Crippen LogP contribution >= 0.6 is 12.2 Å². The molecule has 0 unspecified atom stereocenters. The number of carbonyl (C=O) groups is 1. The summed E-state index contributed by atoms with van der Waals surface area (Å²) in [5.41, 5.74) is 17.7. The number of benzene rings is 8. The van der Waals surface area contributed by atoms with Crippen LogP contribution in [-0.2, 0) is 5.54 Å². The number of thiocarbonyl (C=S) groups is 1. The number of carbonyl (C=O) groups excluding carboxylic acids is 1. The van der Waals surface area contributed by atoms with E-state index in [1.54, 1.807) is 0 Å². The number of rotatable bonds is 13. The lowest BCUT2D eigenvalue weighted by atomic mass is 9.75. The van der Waals surface area contributed by atoms with E-state index in [-0.39, 0.29) is 5.91 Å². The first kappa shape index (κ1) is 44.1. The zero-order chi connectivity index (χ0) is 46.8. The molecule has 0 bridgehead atoms. The van der Waals surface area contributed by atoms with Gasteiger partial charge in [-0.2, -0.15) is 0 Å². The van der Waals surface area contributed by atoms with Crippen LogP contribution in [0.25, 0.3) is 22.3 Å². The summed E-state index contributed by atoms with van der Waals surface area (Å²) in [6.45, 7) is 12.1. The highest BCUT2D eigenvalue weighted by molar-refractivity contribution is 7.80. The molecular weight excluding hydrogens is 853 g/mol. The Morgan fingerprint density at radius 1 is 0.485 bits per heavy atom. The highest BCUT2D eigenvalue weighted by Gasteiger charge is 2.56. The topological polar surface area (TPSA) is 48.1 Å². The smallest absolute Gasteiger partial charge is 0.269 e. The van der Waals surface area contributed by atoms with Crippen molar-refractivity contribution in [2.45, 2.75) is 33.2 Å². The number of nitrogens with one attached hydrogen (secondary N) is 1. The van der Waals surface area contributed by atoms with Crippen molar-refractivity contribution >= 4 is 45.6 Å². The molecule has 10 rings (SSSR count). The maximum atomic E-state index is 14.7. The van der Waals surface area contributed by atoms with Gasteiger partial charge in [-0.25, -0.2) is 0 Å². The zero-order valence-electron chi connectivity index (χ0n) is 38.9. The highest BCUT2D eigenvalue weighted by atomic mass is 32.1. The third kappa shape index (κ3) is 7.72. The van der Waals surface area contributed by atoms with E-state index < -0.39 is 5.54 Å². The van der Waals surface area contributed by atoms with Crippen LogP contribution in [0, 0.1) is 0 Å². The lowest BCUT2D eigenvalue weighted by molar-refractivity contribution is 0.0805. The van der Waals surface area contributed by atoms with Crippen molar-refractivity contribution in [1.82, 2.24) is 10.4 Å². The van der Waals surface area contributed by atoms with E-state index >= 15 is 0 Å². The van der Waals surface area contributed by atoms with E-state index in [1.165, 1.54) is 5.57 Å². The van der Waals surface area contributed by atoms with Crippen molar-refractivity contribution in [2.24, 2.45) is 0 Å². The molecule has 0 saturated carbocycles. The van der Waals surface area contributed by atoms with E-state index in [4.69, 9.17) is 17.0 Å². The Hall–Kier alpha value is -7.74. The second-order valence-corrected chi connectivity index (χ2v) is 17.5. The summed E-state index contributed by atoms with van der Waals surface area (Å²) in [5.74, 6) is 1.20. The normalized spacial score (nSPS) is 12.9. The molecule has 336 valence electrons. The molecule has 0 aliphatic carbocycles. The molecule has 0 radical (unpaired) electrons. The second kappa shape index (κ2) is 18.9. The average Bonchev–Trinajstić information content (AvgIpc) is 3.63. The van der Waals surface area contributed by atoms with Gasteiger partial charge in [0.1, 0.15) is 22.0 Å². The number of hydrogen-bond donors (Lipinski definition) is 1. The van der Waals surface area contributed by atoms with E-state index in [9.17, 15) is 4.79 Å². The third-order valence-electron chi connectivity index (χ3n) is 13.6. The molecule has 0 fully saturated rings. The molecule has 8 aromatic rings. The summed E-state index contributed by atoms with van der Waals surface area (Å²) in [7, 11) is 0. The summed E-state index contributed by atoms with van der Waals surface area (Å²) in [4.78, 5) is 19.9. The first-order chi connectivity index (χ1) is 33.4. The number of amides is 1. The van der Waals surface area contributed by atoms with Gasteiger partial charge >= 0.3 is 0 Å². The molecule has 1 amide bonds.